The molecule has 1 unspecified atom stereocenters. The summed E-state index contributed by atoms with van der Waals surface area (Å²) in [6, 6.07) is 0. The molecular weight excluding hydrogens is 174 g/mol. The highest BCUT2D eigenvalue weighted by Crippen LogP contribution is 1.79. The van der Waals surface area contributed by atoms with Gasteiger partial charge in [0.2, 0.25) is 5.84 Å². The molecule has 1 rings (SSSR count). The van der Waals surface area contributed by atoms with E-state index in [1.54, 1.807) is 0 Å². The molecule has 1 N–H and O–H groups in total. The fourth-order valence-electron chi connectivity index (χ4n) is 0.976. The van der Waals surface area contributed by atoms with Gasteiger partial charge in [-0.25, -0.2) is 4.99 Å². The third-order valence-electron chi connectivity index (χ3n) is 1.53. The van der Waals surface area contributed by atoms with Crippen molar-refractivity contribution in [2.75, 3.05) is 6.54 Å². The first kappa shape index (κ1) is 11.6. The third kappa shape index (κ3) is 5.80. The zero-order valence-corrected chi connectivity index (χ0v) is 7.69. The van der Waals surface area contributed by atoms with E-state index in [2.05, 4.69) is 25.0 Å². The Balaban J connectivity index is 0.000000310. The summed E-state index contributed by atoms with van der Waals surface area (Å²) in [4.78, 5) is 13.8. The molecule has 1 atom stereocenters. The van der Waals surface area contributed by atoms with Crippen LogP contribution in [0.15, 0.2) is 17.4 Å². The number of hydrogen-bond acceptors (Lipinski definition) is 4. The maximum atomic E-state index is 8.25. The third-order valence-corrected chi connectivity index (χ3v) is 1.53. The van der Waals surface area contributed by atoms with Crippen LogP contribution in [-0.2, 0) is 0 Å². The minimum absolute atomic E-state index is 1.17. The second kappa shape index (κ2) is 6.13. The van der Waals surface area contributed by atoms with Crippen molar-refractivity contribution in [3.05, 3.63) is 27.7 Å². The molecule has 6 heteroatoms. The summed E-state index contributed by atoms with van der Waals surface area (Å²) in [5.41, 5.74) is 0. The molecular formula is C7H13N3O3. The molecule has 0 fully saturated rings. The van der Waals surface area contributed by atoms with Crippen molar-refractivity contribution in [2.45, 2.75) is 20.3 Å². The number of quaternary nitrogens is 1. The molecule has 74 valence electrons. The standard InChI is InChI=1S/C7H12N2.NO3/c1-3-5-9-6-4-8-7(9)2;2-1(3)4/h4,6H,3,5H2,1-2H3;/q;-1/p+1. The summed E-state index contributed by atoms with van der Waals surface area (Å²) in [7, 11) is 0. The van der Waals surface area contributed by atoms with Gasteiger partial charge in [0, 0.05) is 6.92 Å². The van der Waals surface area contributed by atoms with Crippen molar-refractivity contribution in [1.29, 1.82) is 0 Å². The van der Waals surface area contributed by atoms with Gasteiger partial charge in [-0.2, -0.15) is 0 Å². The van der Waals surface area contributed by atoms with Crippen molar-refractivity contribution in [2.24, 2.45) is 4.99 Å². The fraction of sp³-hybridized carbons (Fsp3) is 0.571. The Kier molecular flexibility index (Phi) is 5.45. The first-order valence-corrected chi connectivity index (χ1v) is 3.96. The van der Waals surface area contributed by atoms with E-state index in [9.17, 15) is 0 Å². The Bertz CT molecular complexity index is 221. The normalized spacial score (nSPS) is 18.9. The molecule has 0 aliphatic carbocycles. The Labute approximate surface area is 76.3 Å². The Morgan fingerprint density at radius 1 is 1.62 bits per heavy atom. The van der Waals surface area contributed by atoms with E-state index in [4.69, 9.17) is 15.3 Å². The molecule has 0 saturated heterocycles. The summed E-state index contributed by atoms with van der Waals surface area (Å²) in [5, 5.41) is 14.8. The maximum absolute atomic E-state index is 8.25. The first-order chi connectivity index (χ1) is 6.07. The topological polar surface area (TPSA) is 83.0 Å². The molecule has 0 spiro atoms. The van der Waals surface area contributed by atoms with E-state index < -0.39 is 5.09 Å². The average Bonchev–Trinajstić information content (AvgIpc) is 2.36. The lowest BCUT2D eigenvalue weighted by Gasteiger charge is -2.06. The highest BCUT2D eigenvalue weighted by molar-refractivity contribution is 5.72. The van der Waals surface area contributed by atoms with Crippen LogP contribution in [-0.4, -0.2) is 17.5 Å². The predicted octanol–water partition coefficient (Wildman–Crippen LogP) is -0.0546. The summed E-state index contributed by atoms with van der Waals surface area (Å²) in [6.07, 6.45) is 5.19. The molecule has 0 saturated carbocycles. The van der Waals surface area contributed by atoms with Gasteiger partial charge < -0.3 is 15.3 Å². The van der Waals surface area contributed by atoms with Gasteiger partial charge in [0.05, 0.1) is 17.8 Å². The lowest BCUT2D eigenvalue weighted by atomic mass is 10.4. The number of rotatable bonds is 2. The molecule has 1 aliphatic rings. The first-order valence-electron chi connectivity index (χ1n) is 3.96. The summed E-state index contributed by atoms with van der Waals surface area (Å²) < 4.78 is 0. The highest BCUT2D eigenvalue weighted by Gasteiger charge is 2.10. The van der Waals surface area contributed by atoms with Crippen molar-refractivity contribution < 1.29 is 9.99 Å². The second-order valence-electron chi connectivity index (χ2n) is 2.53. The number of nitrogens with zero attached hydrogens (tertiary/aromatic N) is 2. The Morgan fingerprint density at radius 3 is 2.46 bits per heavy atom. The molecule has 0 amide bonds. The van der Waals surface area contributed by atoms with Gasteiger partial charge >= 0.3 is 0 Å². The minimum atomic E-state index is -1.75. The van der Waals surface area contributed by atoms with E-state index in [0.717, 1.165) is 0 Å². The van der Waals surface area contributed by atoms with Crippen LogP contribution in [0.2, 0.25) is 0 Å². The van der Waals surface area contributed by atoms with E-state index in [1.807, 2.05) is 6.20 Å². The van der Waals surface area contributed by atoms with Gasteiger partial charge in [-0.1, -0.05) is 6.92 Å². The van der Waals surface area contributed by atoms with Crippen LogP contribution in [0.25, 0.3) is 0 Å². The van der Waals surface area contributed by atoms with Crippen LogP contribution in [0.5, 0.6) is 0 Å². The lowest BCUT2D eigenvalue weighted by molar-refractivity contribution is -0.744. The van der Waals surface area contributed by atoms with E-state index in [-0.39, 0.29) is 0 Å². The van der Waals surface area contributed by atoms with Crippen molar-refractivity contribution in [3.63, 3.8) is 0 Å². The van der Waals surface area contributed by atoms with Gasteiger partial charge in [0.25, 0.3) is 0 Å². The van der Waals surface area contributed by atoms with Crippen LogP contribution >= 0.6 is 0 Å². The smallest absolute Gasteiger partial charge is 0.202 e. The fourth-order valence-corrected chi connectivity index (χ4v) is 0.976. The van der Waals surface area contributed by atoms with Crippen LogP contribution in [0, 0.1) is 15.3 Å². The zero-order chi connectivity index (χ0) is 10.3. The number of amidine groups is 1. The Hall–Kier alpha value is -1.43. The van der Waals surface area contributed by atoms with Crippen LogP contribution in [0.3, 0.4) is 0 Å². The molecule has 13 heavy (non-hydrogen) atoms. The van der Waals surface area contributed by atoms with Gasteiger partial charge in [0.1, 0.15) is 6.20 Å². The van der Waals surface area contributed by atoms with Crippen molar-refractivity contribution in [3.8, 4) is 0 Å². The SMILES string of the molecule is CCC[NH+]1C=CN=C1C.O=[N+]([O-])[O-]. The quantitative estimate of drug-likeness (QED) is 0.485. The number of nitrogens with one attached hydrogen (secondary N) is 1. The molecule has 1 heterocycles. The summed E-state index contributed by atoms with van der Waals surface area (Å²) >= 11 is 0. The number of aliphatic imine (C=N–C) groups is 1. The predicted molar refractivity (Wildman–Crippen MR) is 48.7 cm³/mol. The number of hydrogen-bond donors (Lipinski definition) is 1. The van der Waals surface area contributed by atoms with E-state index in [0.29, 0.717) is 0 Å². The van der Waals surface area contributed by atoms with Gasteiger partial charge in [-0.15, -0.1) is 0 Å². The summed E-state index contributed by atoms with van der Waals surface area (Å²) in [6.45, 7) is 5.42. The van der Waals surface area contributed by atoms with Gasteiger partial charge in [0.15, 0.2) is 0 Å². The monoisotopic (exact) mass is 187 g/mol. The van der Waals surface area contributed by atoms with Gasteiger partial charge in [-0.3, -0.25) is 4.90 Å². The minimum Gasteiger partial charge on any atom is -0.356 e. The molecule has 6 nitrogen and oxygen atoms in total. The molecule has 0 aromatic rings. The average molecular weight is 187 g/mol. The second-order valence-corrected chi connectivity index (χ2v) is 2.53. The molecule has 1 aliphatic heterocycles. The van der Waals surface area contributed by atoms with E-state index in [1.165, 1.54) is 23.7 Å². The largest absolute Gasteiger partial charge is 0.356 e. The van der Waals surface area contributed by atoms with Gasteiger partial charge in [-0.05, 0) is 6.42 Å². The zero-order valence-electron chi connectivity index (χ0n) is 7.69. The molecule has 0 aromatic heterocycles. The van der Waals surface area contributed by atoms with Crippen LogP contribution in [0.4, 0.5) is 0 Å². The van der Waals surface area contributed by atoms with Crippen LogP contribution in [0.1, 0.15) is 20.3 Å². The lowest BCUT2D eigenvalue weighted by Crippen LogP contribution is -3.08. The molecule has 0 aromatic carbocycles. The van der Waals surface area contributed by atoms with Crippen LogP contribution < -0.4 is 4.90 Å². The van der Waals surface area contributed by atoms with Crippen molar-refractivity contribution in [1.82, 2.24) is 0 Å². The molecule has 0 radical (unpaired) electrons. The Morgan fingerprint density at radius 2 is 2.15 bits per heavy atom. The molecule has 0 bridgehead atoms. The maximum Gasteiger partial charge on any atom is 0.202 e. The van der Waals surface area contributed by atoms with E-state index >= 15 is 0 Å². The highest BCUT2D eigenvalue weighted by atomic mass is 16.9. The van der Waals surface area contributed by atoms with Crippen molar-refractivity contribution >= 4 is 5.84 Å². The summed E-state index contributed by atoms with van der Waals surface area (Å²) in [5.74, 6) is 1.19.